The van der Waals surface area contributed by atoms with Crippen LogP contribution in [0, 0.1) is 5.92 Å². The Balaban J connectivity index is 2.51. The molecule has 0 spiro atoms. The average Bonchev–Trinajstić information content (AvgIpc) is 2.32. The lowest BCUT2D eigenvalue weighted by Crippen LogP contribution is -2.26. The average molecular weight is 272 g/mol. The Kier molecular flexibility index (Phi) is 7.02. The first kappa shape index (κ1) is 14.9. The first-order valence-electron chi connectivity index (χ1n) is 6.15. The molecule has 0 heterocycles. The quantitative estimate of drug-likeness (QED) is 0.790. The summed E-state index contributed by atoms with van der Waals surface area (Å²) in [6, 6.07) is 8.60. The van der Waals surface area contributed by atoms with Crippen molar-refractivity contribution >= 4 is 23.4 Å². The zero-order chi connectivity index (χ0) is 12.7. The van der Waals surface area contributed by atoms with Crippen molar-refractivity contribution in [2.75, 3.05) is 18.6 Å². The number of thioether (sulfide) groups is 1. The van der Waals surface area contributed by atoms with Crippen molar-refractivity contribution in [3.63, 3.8) is 0 Å². The fraction of sp³-hybridized carbons (Fsp3) is 0.571. The standard InChI is InChI=1S/C14H22ClNS/c1-4-14(16-9-11(2)10-17-3)12-5-7-13(15)8-6-12/h5-8,11,14,16H,4,9-10H2,1-3H3. The summed E-state index contributed by atoms with van der Waals surface area (Å²) in [6.07, 6.45) is 3.26. The van der Waals surface area contributed by atoms with Crippen molar-refractivity contribution in [1.29, 1.82) is 0 Å². The summed E-state index contributed by atoms with van der Waals surface area (Å²) in [6.45, 7) is 5.57. The van der Waals surface area contributed by atoms with Gasteiger partial charge in [0.15, 0.2) is 0 Å². The van der Waals surface area contributed by atoms with Crippen LogP contribution in [0.25, 0.3) is 0 Å². The Morgan fingerprint density at radius 2 is 1.94 bits per heavy atom. The normalized spacial score (nSPS) is 14.6. The third kappa shape index (κ3) is 5.33. The van der Waals surface area contributed by atoms with Crippen molar-refractivity contribution in [2.45, 2.75) is 26.3 Å². The second-order valence-electron chi connectivity index (χ2n) is 4.48. The van der Waals surface area contributed by atoms with Crippen molar-refractivity contribution in [3.05, 3.63) is 34.9 Å². The largest absolute Gasteiger partial charge is 0.310 e. The molecular weight excluding hydrogens is 250 g/mol. The van der Waals surface area contributed by atoms with Crippen LogP contribution in [0.4, 0.5) is 0 Å². The number of rotatable bonds is 7. The molecule has 0 amide bonds. The lowest BCUT2D eigenvalue weighted by molar-refractivity contribution is 0.468. The minimum atomic E-state index is 0.441. The van der Waals surface area contributed by atoms with Gasteiger partial charge in [-0.1, -0.05) is 37.6 Å². The number of benzene rings is 1. The van der Waals surface area contributed by atoms with Gasteiger partial charge in [-0.05, 0) is 48.6 Å². The van der Waals surface area contributed by atoms with E-state index in [-0.39, 0.29) is 0 Å². The van der Waals surface area contributed by atoms with E-state index in [1.54, 1.807) is 0 Å². The molecule has 2 unspecified atom stereocenters. The first-order chi connectivity index (χ1) is 8.17. The molecule has 17 heavy (non-hydrogen) atoms. The van der Waals surface area contributed by atoms with Gasteiger partial charge in [0.2, 0.25) is 0 Å². The smallest absolute Gasteiger partial charge is 0.0406 e. The molecule has 1 aromatic rings. The minimum absolute atomic E-state index is 0.441. The molecule has 0 saturated carbocycles. The molecule has 1 N–H and O–H groups in total. The van der Waals surface area contributed by atoms with Crippen LogP contribution in [0.15, 0.2) is 24.3 Å². The first-order valence-corrected chi connectivity index (χ1v) is 7.92. The maximum atomic E-state index is 5.91. The molecule has 96 valence electrons. The molecule has 0 aliphatic carbocycles. The van der Waals surface area contributed by atoms with E-state index < -0.39 is 0 Å². The van der Waals surface area contributed by atoms with Crippen LogP contribution < -0.4 is 5.32 Å². The molecule has 1 aromatic carbocycles. The summed E-state index contributed by atoms with van der Waals surface area (Å²) in [4.78, 5) is 0. The summed E-state index contributed by atoms with van der Waals surface area (Å²) in [5.74, 6) is 1.93. The van der Waals surface area contributed by atoms with Gasteiger partial charge in [-0.3, -0.25) is 0 Å². The highest BCUT2D eigenvalue weighted by Crippen LogP contribution is 2.19. The van der Waals surface area contributed by atoms with Crippen LogP contribution >= 0.6 is 23.4 Å². The Hall–Kier alpha value is -0.180. The van der Waals surface area contributed by atoms with E-state index >= 15 is 0 Å². The number of nitrogens with one attached hydrogen (secondary N) is 1. The SMILES string of the molecule is CCC(NCC(C)CSC)c1ccc(Cl)cc1. The van der Waals surface area contributed by atoms with Gasteiger partial charge in [0, 0.05) is 11.1 Å². The highest BCUT2D eigenvalue weighted by Gasteiger charge is 2.10. The van der Waals surface area contributed by atoms with Gasteiger partial charge in [-0.2, -0.15) is 11.8 Å². The van der Waals surface area contributed by atoms with Gasteiger partial charge in [-0.25, -0.2) is 0 Å². The Morgan fingerprint density at radius 1 is 1.29 bits per heavy atom. The van der Waals surface area contributed by atoms with E-state index in [0.717, 1.165) is 18.0 Å². The zero-order valence-corrected chi connectivity index (χ0v) is 12.4. The summed E-state index contributed by atoms with van der Waals surface area (Å²) in [5, 5.41) is 4.44. The minimum Gasteiger partial charge on any atom is -0.310 e. The lowest BCUT2D eigenvalue weighted by Gasteiger charge is -2.20. The highest BCUT2D eigenvalue weighted by atomic mass is 35.5. The molecule has 0 aliphatic rings. The van der Waals surface area contributed by atoms with Gasteiger partial charge in [0.05, 0.1) is 0 Å². The highest BCUT2D eigenvalue weighted by molar-refractivity contribution is 7.98. The summed E-state index contributed by atoms with van der Waals surface area (Å²) < 4.78 is 0. The summed E-state index contributed by atoms with van der Waals surface area (Å²) in [5.41, 5.74) is 1.33. The molecule has 0 saturated heterocycles. The number of halogens is 1. The van der Waals surface area contributed by atoms with Crippen molar-refractivity contribution < 1.29 is 0 Å². The molecule has 0 aliphatic heterocycles. The maximum Gasteiger partial charge on any atom is 0.0406 e. The van der Waals surface area contributed by atoms with E-state index in [0.29, 0.717) is 12.0 Å². The van der Waals surface area contributed by atoms with Crippen LogP contribution in [0.2, 0.25) is 5.02 Å². The third-order valence-electron chi connectivity index (χ3n) is 2.84. The van der Waals surface area contributed by atoms with E-state index in [9.17, 15) is 0 Å². The van der Waals surface area contributed by atoms with Crippen molar-refractivity contribution in [2.24, 2.45) is 5.92 Å². The maximum absolute atomic E-state index is 5.91. The second kappa shape index (κ2) is 8.02. The molecule has 1 rings (SSSR count). The fourth-order valence-electron chi connectivity index (χ4n) is 1.88. The van der Waals surface area contributed by atoms with Crippen molar-refractivity contribution in [1.82, 2.24) is 5.32 Å². The van der Waals surface area contributed by atoms with Gasteiger partial charge in [0.25, 0.3) is 0 Å². The summed E-state index contributed by atoms with van der Waals surface area (Å²) >= 11 is 7.81. The van der Waals surface area contributed by atoms with E-state index in [2.05, 4.69) is 37.6 Å². The molecule has 0 aromatic heterocycles. The predicted octanol–water partition coefficient (Wildman–Crippen LogP) is 4.38. The van der Waals surface area contributed by atoms with E-state index in [4.69, 9.17) is 11.6 Å². The topological polar surface area (TPSA) is 12.0 Å². The van der Waals surface area contributed by atoms with Gasteiger partial charge >= 0.3 is 0 Å². The van der Waals surface area contributed by atoms with E-state index in [1.165, 1.54) is 11.3 Å². The van der Waals surface area contributed by atoms with E-state index in [1.807, 2.05) is 23.9 Å². The number of hydrogen-bond donors (Lipinski definition) is 1. The Morgan fingerprint density at radius 3 is 2.47 bits per heavy atom. The zero-order valence-electron chi connectivity index (χ0n) is 10.9. The third-order valence-corrected chi connectivity index (χ3v) is 4.00. The predicted molar refractivity (Wildman–Crippen MR) is 80.0 cm³/mol. The van der Waals surface area contributed by atoms with Crippen LogP contribution in [-0.4, -0.2) is 18.6 Å². The molecule has 3 heteroatoms. The van der Waals surface area contributed by atoms with Gasteiger partial charge < -0.3 is 5.32 Å². The van der Waals surface area contributed by atoms with Crippen LogP contribution in [0.1, 0.15) is 31.9 Å². The van der Waals surface area contributed by atoms with Gasteiger partial charge in [0.1, 0.15) is 0 Å². The van der Waals surface area contributed by atoms with Crippen LogP contribution in [-0.2, 0) is 0 Å². The second-order valence-corrected chi connectivity index (χ2v) is 5.83. The number of hydrogen-bond acceptors (Lipinski definition) is 2. The molecular formula is C14H22ClNS. The molecule has 2 atom stereocenters. The Bertz CT molecular complexity index is 313. The van der Waals surface area contributed by atoms with Crippen LogP contribution in [0.3, 0.4) is 0 Å². The van der Waals surface area contributed by atoms with Gasteiger partial charge in [-0.15, -0.1) is 0 Å². The molecule has 0 radical (unpaired) electrons. The van der Waals surface area contributed by atoms with Crippen molar-refractivity contribution in [3.8, 4) is 0 Å². The lowest BCUT2D eigenvalue weighted by atomic mass is 10.0. The monoisotopic (exact) mass is 271 g/mol. The molecule has 0 fully saturated rings. The van der Waals surface area contributed by atoms with Crippen LogP contribution in [0.5, 0.6) is 0 Å². The molecule has 0 bridgehead atoms. The Labute approximate surface area is 114 Å². The molecule has 1 nitrogen and oxygen atoms in total. The fourth-order valence-corrected chi connectivity index (χ4v) is 2.69. The summed E-state index contributed by atoms with van der Waals surface area (Å²) in [7, 11) is 0.